The molecule has 6 heteroatoms. The number of carbonyl (C=O) groups excluding carboxylic acids is 3. The maximum absolute atomic E-state index is 13.0. The van der Waals surface area contributed by atoms with Gasteiger partial charge in [0.05, 0.1) is 0 Å². The molecule has 0 saturated heterocycles. The van der Waals surface area contributed by atoms with Gasteiger partial charge in [-0.15, -0.1) is 0 Å². The van der Waals surface area contributed by atoms with E-state index in [1.807, 2.05) is 0 Å². The Hall–Kier alpha value is -3.15. The van der Waals surface area contributed by atoms with E-state index in [2.05, 4.69) is 93.7 Å². The standard InChI is InChI=1S/C75H134O6/c1-4-7-10-13-16-19-22-25-27-29-31-33-35-37-39-41-43-45-47-50-53-56-59-62-65-68-74(77)80-71-72(70-79-73(76)67-64-61-58-55-52-49-24-21-18-15-12-9-6-3)81-75(78)69-66-63-60-57-54-51-48-46-44-42-40-38-36-34-32-30-28-26-23-20-17-14-11-8-5-2/h7,10,16,19,21,24-25,27,30-33,72H,4-6,8-9,11-15,17-18,20,22-23,26,28-29,34-71H2,1-3H3/b10-7-,19-16-,24-21-,27-25-,32-30-,33-31-. The number of allylic oxidation sites excluding steroid dienone is 12. The summed E-state index contributed by atoms with van der Waals surface area (Å²) in [5.74, 6) is -0.866. The zero-order valence-electron chi connectivity index (χ0n) is 54.1. The average molecular weight is 1130 g/mol. The van der Waals surface area contributed by atoms with Crippen molar-refractivity contribution < 1.29 is 28.6 Å². The van der Waals surface area contributed by atoms with Crippen LogP contribution >= 0.6 is 0 Å². The Balaban J connectivity index is 4.26. The van der Waals surface area contributed by atoms with Crippen LogP contribution in [0, 0.1) is 0 Å². The smallest absolute Gasteiger partial charge is 0.306 e. The van der Waals surface area contributed by atoms with Crippen LogP contribution in [-0.2, 0) is 28.6 Å². The van der Waals surface area contributed by atoms with Gasteiger partial charge in [-0.25, -0.2) is 0 Å². The molecule has 0 fully saturated rings. The Bertz CT molecular complexity index is 1490. The van der Waals surface area contributed by atoms with E-state index in [0.29, 0.717) is 19.3 Å². The lowest BCUT2D eigenvalue weighted by atomic mass is 10.0. The zero-order valence-corrected chi connectivity index (χ0v) is 54.1. The van der Waals surface area contributed by atoms with E-state index in [1.165, 1.54) is 238 Å². The molecular formula is C75H134O6. The lowest BCUT2D eigenvalue weighted by Gasteiger charge is -2.18. The fourth-order valence-corrected chi connectivity index (χ4v) is 10.4. The number of carbonyl (C=O) groups is 3. The third-order valence-corrected chi connectivity index (χ3v) is 15.7. The molecule has 0 aliphatic carbocycles. The van der Waals surface area contributed by atoms with Crippen LogP contribution < -0.4 is 0 Å². The first-order valence-corrected chi connectivity index (χ1v) is 35.4. The van der Waals surface area contributed by atoms with Crippen LogP contribution in [0.15, 0.2) is 72.9 Å². The van der Waals surface area contributed by atoms with Gasteiger partial charge in [0.15, 0.2) is 6.10 Å². The fourth-order valence-electron chi connectivity index (χ4n) is 10.4. The molecule has 0 saturated carbocycles. The second kappa shape index (κ2) is 69.3. The van der Waals surface area contributed by atoms with E-state index in [9.17, 15) is 14.4 Å². The van der Waals surface area contributed by atoms with Gasteiger partial charge < -0.3 is 14.2 Å². The SMILES string of the molecule is CC/C=C\C/C=C\C/C=C\C/C=C\CCCCCCCCCCCCCCC(=O)OCC(COC(=O)CCCCCCC/C=C\CCCCCC)OC(=O)CCCCCCCCCCCCCCC/C=C\CCCCCCCCCC. The number of unbranched alkanes of at least 4 members (excludes halogenated alkanes) is 42. The Morgan fingerprint density at radius 2 is 0.481 bits per heavy atom. The molecule has 6 nitrogen and oxygen atoms in total. The minimum Gasteiger partial charge on any atom is -0.462 e. The lowest BCUT2D eigenvalue weighted by Crippen LogP contribution is -2.30. The Morgan fingerprint density at radius 1 is 0.259 bits per heavy atom. The molecule has 0 aliphatic heterocycles. The van der Waals surface area contributed by atoms with E-state index in [4.69, 9.17) is 14.2 Å². The molecule has 0 spiro atoms. The van der Waals surface area contributed by atoms with Crippen molar-refractivity contribution in [3.05, 3.63) is 72.9 Å². The summed E-state index contributed by atoms with van der Waals surface area (Å²) in [6.45, 7) is 6.56. The van der Waals surface area contributed by atoms with Crippen LogP contribution in [0.3, 0.4) is 0 Å². The first-order valence-electron chi connectivity index (χ1n) is 35.4. The summed E-state index contributed by atoms with van der Waals surface area (Å²) in [6, 6.07) is 0. The molecule has 0 radical (unpaired) electrons. The van der Waals surface area contributed by atoms with Crippen LogP contribution in [0.4, 0.5) is 0 Å². The molecule has 0 N–H and O–H groups in total. The number of rotatable bonds is 65. The molecule has 0 bridgehead atoms. The molecule has 0 rings (SSSR count). The summed E-state index contributed by atoms with van der Waals surface area (Å²) in [5.41, 5.74) is 0. The molecule has 1 unspecified atom stereocenters. The highest BCUT2D eigenvalue weighted by Gasteiger charge is 2.19. The van der Waals surface area contributed by atoms with Crippen LogP contribution in [0.25, 0.3) is 0 Å². The molecule has 0 amide bonds. The molecular weight excluding hydrogens is 997 g/mol. The second-order valence-electron chi connectivity index (χ2n) is 23.8. The predicted molar refractivity (Wildman–Crippen MR) is 353 cm³/mol. The molecule has 0 aliphatic rings. The van der Waals surface area contributed by atoms with E-state index in [0.717, 1.165) is 89.9 Å². The summed E-state index contributed by atoms with van der Waals surface area (Å²) < 4.78 is 17.0. The fraction of sp³-hybridized carbons (Fsp3) is 0.800. The Kier molecular flexibility index (Phi) is 66.6. The third-order valence-electron chi connectivity index (χ3n) is 15.7. The van der Waals surface area contributed by atoms with Gasteiger partial charge in [0.2, 0.25) is 0 Å². The van der Waals surface area contributed by atoms with Crippen molar-refractivity contribution >= 4 is 17.9 Å². The van der Waals surface area contributed by atoms with Gasteiger partial charge in [-0.05, 0) is 109 Å². The van der Waals surface area contributed by atoms with E-state index in [-0.39, 0.29) is 31.1 Å². The largest absolute Gasteiger partial charge is 0.462 e. The van der Waals surface area contributed by atoms with Gasteiger partial charge >= 0.3 is 17.9 Å². The minimum atomic E-state index is -0.780. The average Bonchev–Trinajstić information content (AvgIpc) is 3.46. The van der Waals surface area contributed by atoms with Crippen molar-refractivity contribution in [2.75, 3.05) is 13.2 Å². The predicted octanol–water partition coefficient (Wildman–Crippen LogP) is 24.4. The van der Waals surface area contributed by atoms with Crippen LogP contribution in [-0.4, -0.2) is 37.2 Å². The van der Waals surface area contributed by atoms with Crippen molar-refractivity contribution in [2.45, 2.75) is 374 Å². The van der Waals surface area contributed by atoms with Gasteiger partial charge in [0.1, 0.15) is 13.2 Å². The highest BCUT2D eigenvalue weighted by Crippen LogP contribution is 2.18. The first-order chi connectivity index (χ1) is 40.0. The maximum Gasteiger partial charge on any atom is 0.306 e. The van der Waals surface area contributed by atoms with Crippen LogP contribution in [0.2, 0.25) is 0 Å². The Morgan fingerprint density at radius 3 is 0.778 bits per heavy atom. The van der Waals surface area contributed by atoms with Gasteiger partial charge in [-0.1, -0.05) is 312 Å². The van der Waals surface area contributed by atoms with Gasteiger partial charge in [0, 0.05) is 19.3 Å². The van der Waals surface area contributed by atoms with Crippen LogP contribution in [0.1, 0.15) is 367 Å². The quantitative estimate of drug-likeness (QED) is 0.0261. The highest BCUT2D eigenvalue weighted by molar-refractivity contribution is 5.71. The van der Waals surface area contributed by atoms with E-state index >= 15 is 0 Å². The number of ether oxygens (including phenoxy) is 3. The zero-order chi connectivity index (χ0) is 58.5. The number of hydrogen-bond donors (Lipinski definition) is 0. The summed E-state index contributed by atoms with van der Waals surface area (Å²) >= 11 is 0. The molecule has 1 atom stereocenters. The van der Waals surface area contributed by atoms with Crippen molar-refractivity contribution in [3.63, 3.8) is 0 Å². The Labute approximate surface area is 503 Å². The van der Waals surface area contributed by atoms with Gasteiger partial charge in [-0.2, -0.15) is 0 Å². The highest BCUT2D eigenvalue weighted by atomic mass is 16.6. The van der Waals surface area contributed by atoms with Gasteiger partial charge in [-0.3, -0.25) is 14.4 Å². The number of hydrogen-bond acceptors (Lipinski definition) is 6. The first kappa shape index (κ1) is 77.9. The van der Waals surface area contributed by atoms with Crippen molar-refractivity contribution in [1.29, 1.82) is 0 Å². The second-order valence-corrected chi connectivity index (χ2v) is 23.8. The summed E-state index contributed by atoms with van der Waals surface area (Å²) in [4.78, 5) is 38.4. The summed E-state index contributed by atoms with van der Waals surface area (Å²) in [5, 5.41) is 0. The lowest BCUT2D eigenvalue weighted by molar-refractivity contribution is -0.167. The topological polar surface area (TPSA) is 78.9 Å². The molecule has 0 aromatic rings. The molecule has 0 heterocycles. The van der Waals surface area contributed by atoms with Gasteiger partial charge in [0.25, 0.3) is 0 Å². The summed E-state index contributed by atoms with van der Waals surface area (Å²) in [6.07, 6.45) is 90.7. The van der Waals surface area contributed by atoms with Crippen molar-refractivity contribution in [1.82, 2.24) is 0 Å². The maximum atomic E-state index is 13.0. The summed E-state index contributed by atoms with van der Waals surface area (Å²) in [7, 11) is 0. The van der Waals surface area contributed by atoms with E-state index in [1.54, 1.807) is 0 Å². The normalized spacial score (nSPS) is 12.5. The molecule has 0 aromatic carbocycles. The molecule has 81 heavy (non-hydrogen) atoms. The minimum absolute atomic E-state index is 0.0760. The van der Waals surface area contributed by atoms with Crippen molar-refractivity contribution in [2.24, 2.45) is 0 Å². The van der Waals surface area contributed by atoms with E-state index < -0.39 is 6.10 Å². The monoisotopic (exact) mass is 1130 g/mol. The third kappa shape index (κ3) is 67.5. The molecule has 470 valence electrons. The molecule has 0 aromatic heterocycles. The van der Waals surface area contributed by atoms with Crippen molar-refractivity contribution in [3.8, 4) is 0 Å². The number of esters is 3. The van der Waals surface area contributed by atoms with Crippen LogP contribution in [0.5, 0.6) is 0 Å².